The average Bonchev–Trinajstić information content (AvgIpc) is 4.03. The Kier molecular flexibility index (Phi) is 6.02. The van der Waals surface area contributed by atoms with Crippen LogP contribution in [0.4, 0.5) is 29.1 Å². The summed E-state index contributed by atoms with van der Waals surface area (Å²) < 4.78 is 73.9. The van der Waals surface area contributed by atoms with Gasteiger partial charge in [-0.15, -0.1) is 6.42 Å². The number of nitrogen functional groups attached to an aromatic ring is 1. The van der Waals surface area contributed by atoms with Gasteiger partial charge in [0.05, 0.1) is 35.7 Å². The molecule has 6 fully saturated rings. The van der Waals surface area contributed by atoms with Gasteiger partial charge in [-0.3, -0.25) is 9.88 Å². The third-order valence-electron chi connectivity index (χ3n) is 12.6. The van der Waals surface area contributed by atoms with Crippen molar-refractivity contribution in [3.63, 3.8) is 0 Å². The number of ether oxygens (including phenoxy) is 2. The lowest BCUT2D eigenvalue weighted by Gasteiger charge is -2.37. The molecule has 2 spiro atoms. The van der Waals surface area contributed by atoms with Gasteiger partial charge in [-0.05, 0) is 67.6 Å². The normalized spacial score (nSPS) is 32.3. The van der Waals surface area contributed by atoms with Gasteiger partial charge in [-0.25, -0.2) is 17.6 Å². The van der Waals surface area contributed by atoms with Crippen molar-refractivity contribution < 1.29 is 27.0 Å². The minimum atomic E-state index is -1.12. The van der Waals surface area contributed by atoms with Gasteiger partial charge < -0.3 is 20.1 Å². The predicted molar refractivity (Wildman–Crippen MR) is 176 cm³/mol. The number of terminal acetylenes is 1. The molecule has 6 atom stereocenters. The first-order chi connectivity index (χ1) is 23.7. The number of hydrogen-bond donors (Lipinski definition) is 1. The topological polar surface area (TPSA) is 89.6 Å². The number of rotatable bonds is 5. The number of alkyl halides is 2. The molecule has 8 nitrogen and oxygen atoms in total. The lowest BCUT2D eigenvalue weighted by molar-refractivity contribution is 0.0638. The molecule has 3 saturated heterocycles. The average molecular weight is 671 g/mol. The van der Waals surface area contributed by atoms with Gasteiger partial charge in [0, 0.05) is 47.3 Å². The van der Waals surface area contributed by atoms with E-state index in [-0.39, 0.29) is 62.6 Å². The summed E-state index contributed by atoms with van der Waals surface area (Å²) in [5.74, 6) is 0.959. The number of pyridine rings is 1. The van der Waals surface area contributed by atoms with Crippen molar-refractivity contribution >= 4 is 33.2 Å². The molecule has 0 amide bonds. The van der Waals surface area contributed by atoms with Gasteiger partial charge in [0.1, 0.15) is 41.8 Å². The maximum Gasteiger partial charge on any atom is 0.319 e. The number of fused-ring (bicyclic) bond motifs is 5. The smallest absolute Gasteiger partial charge is 0.319 e. The summed E-state index contributed by atoms with van der Waals surface area (Å²) in [5.41, 5.74) is 5.95. The SMILES string of the molecule is C#Cc1c(F)ccc2cc(N)cc(-c3ncc4c(N5CCOC[C@H]6[C@H](F)[C@H]65)nc(OC[C@]56C[C@]7(C[C@H]7F)CN5CCC65CC5)nc4c3F)c12. The molecule has 3 aliphatic heterocycles. The molecule has 2 N–H and O–H groups in total. The van der Waals surface area contributed by atoms with E-state index >= 15 is 8.78 Å². The van der Waals surface area contributed by atoms with Crippen LogP contribution in [0.25, 0.3) is 32.9 Å². The second-order valence-corrected chi connectivity index (χ2v) is 15.1. The van der Waals surface area contributed by atoms with Crippen LogP contribution < -0.4 is 15.4 Å². The molecule has 0 unspecified atom stereocenters. The Balaban J connectivity index is 1.12. The Morgan fingerprint density at radius 3 is 2.73 bits per heavy atom. The number of halogens is 4. The monoisotopic (exact) mass is 670 g/mol. The van der Waals surface area contributed by atoms with Crippen LogP contribution in [-0.2, 0) is 4.74 Å². The lowest BCUT2D eigenvalue weighted by atomic mass is 9.78. The van der Waals surface area contributed by atoms with Crippen LogP contribution in [0.3, 0.4) is 0 Å². The van der Waals surface area contributed by atoms with E-state index in [2.05, 4.69) is 20.8 Å². The molecule has 6 aliphatic rings. The lowest BCUT2D eigenvalue weighted by Crippen LogP contribution is -2.49. The van der Waals surface area contributed by atoms with Crippen molar-refractivity contribution in [2.75, 3.05) is 50.1 Å². The highest BCUT2D eigenvalue weighted by Gasteiger charge is 2.75. The third kappa shape index (κ3) is 4.09. The van der Waals surface area contributed by atoms with E-state index in [9.17, 15) is 8.78 Å². The Bertz CT molecular complexity index is 2140. The van der Waals surface area contributed by atoms with Crippen LogP contribution in [0.2, 0.25) is 0 Å². The zero-order chi connectivity index (χ0) is 33.4. The molecule has 12 heteroatoms. The number of anilines is 2. The van der Waals surface area contributed by atoms with Crippen LogP contribution in [0.5, 0.6) is 6.01 Å². The van der Waals surface area contributed by atoms with E-state index in [0.717, 1.165) is 38.8 Å². The van der Waals surface area contributed by atoms with E-state index in [4.69, 9.17) is 26.6 Å². The van der Waals surface area contributed by atoms with Crippen LogP contribution in [-0.4, -0.2) is 83.2 Å². The molecule has 10 rings (SSSR count). The highest BCUT2D eigenvalue weighted by Crippen LogP contribution is 2.72. The predicted octanol–water partition coefficient (Wildman–Crippen LogP) is 5.60. The van der Waals surface area contributed by atoms with Crippen molar-refractivity contribution in [2.24, 2.45) is 16.7 Å². The van der Waals surface area contributed by atoms with Gasteiger partial charge in [0.2, 0.25) is 0 Å². The fraction of sp³-hybridized carbons (Fsp3) is 0.486. The molecular weight excluding hydrogens is 636 g/mol. The summed E-state index contributed by atoms with van der Waals surface area (Å²) in [6, 6.07) is 5.42. The molecule has 3 saturated carbocycles. The molecular formula is C37H34F4N6O2. The largest absolute Gasteiger partial charge is 0.461 e. The van der Waals surface area contributed by atoms with Gasteiger partial charge >= 0.3 is 6.01 Å². The number of nitrogens with two attached hydrogens (primary N) is 1. The second-order valence-electron chi connectivity index (χ2n) is 15.1. The zero-order valence-corrected chi connectivity index (χ0v) is 26.7. The summed E-state index contributed by atoms with van der Waals surface area (Å²) in [5, 5.41) is 1.11. The molecule has 3 aliphatic carbocycles. The molecule has 4 aromatic rings. The van der Waals surface area contributed by atoms with Crippen molar-refractivity contribution in [3.8, 4) is 29.6 Å². The summed E-state index contributed by atoms with van der Waals surface area (Å²) in [4.78, 5) is 18.2. The van der Waals surface area contributed by atoms with Gasteiger partial charge in [0.15, 0.2) is 5.82 Å². The first kappa shape index (κ1) is 29.7. The van der Waals surface area contributed by atoms with Crippen LogP contribution in [0.15, 0.2) is 30.5 Å². The quantitative estimate of drug-likeness (QED) is 0.167. The Labute approximate surface area is 280 Å². The molecule has 2 aromatic heterocycles. The first-order valence-electron chi connectivity index (χ1n) is 17.0. The standard InChI is InChI=1S/C37H34F4N6O2/c1-2-21-25(38)4-3-19-11-20(42)12-22(27(19)21)30-29(41)31-23(14-43-30)33(47-9-10-48-15-24-28(40)32(24)47)45-34(44-31)49-18-37-16-35(13-26(35)39)17-46(37)8-7-36(37)5-6-36/h1,3-4,11-12,14,24,26,28,32H,5-10,13,15-18,42H2/t24-,26+,28-,32-,35+,37-/m0/s1. The van der Waals surface area contributed by atoms with E-state index in [1.165, 1.54) is 24.4 Å². The minimum absolute atomic E-state index is 0.0329. The summed E-state index contributed by atoms with van der Waals surface area (Å²) >= 11 is 0. The minimum Gasteiger partial charge on any atom is -0.461 e. The Hall–Kier alpha value is -4.21. The molecule has 5 heterocycles. The van der Waals surface area contributed by atoms with Crippen LogP contribution in [0, 0.1) is 40.7 Å². The van der Waals surface area contributed by atoms with Crippen molar-refractivity contribution in [1.82, 2.24) is 19.9 Å². The molecule has 252 valence electrons. The van der Waals surface area contributed by atoms with Crippen molar-refractivity contribution in [3.05, 3.63) is 47.7 Å². The number of hydrogen-bond acceptors (Lipinski definition) is 8. The fourth-order valence-corrected chi connectivity index (χ4v) is 9.64. The van der Waals surface area contributed by atoms with Crippen LogP contribution >= 0.6 is 0 Å². The van der Waals surface area contributed by atoms with Crippen molar-refractivity contribution in [2.45, 2.75) is 56.0 Å². The Morgan fingerprint density at radius 2 is 1.96 bits per heavy atom. The second kappa shape index (κ2) is 9.94. The molecule has 49 heavy (non-hydrogen) atoms. The summed E-state index contributed by atoms with van der Waals surface area (Å²) in [6.45, 7) is 2.84. The summed E-state index contributed by atoms with van der Waals surface area (Å²) in [6.07, 6.45) is 9.73. The maximum atomic E-state index is 17.0. The van der Waals surface area contributed by atoms with Gasteiger partial charge in [-0.2, -0.15) is 9.97 Å². The molecule has 0 radical (unpaired) electrons. The van der Waals surface area contributed by atoms with E-state index in [1.807, 2.05) is 4.90 Å². The van der Waals surface area contributed by atoms with E-state index in [0.29, 0.717) is 48.5 Å². The number of aromatic nitrogens is 3. The summed E-state index contributed by atoms with van der Waals surface area (Å²) in [7, 11) is 0. The first-order valence-corrected chi connectivity index (χ1v) is 17.0. The van der Waals surface area contributed by atoms with Gasteiger partial charge in [-0.1, -0.05) is 12.0 Å². The third-order valence-corrected chi connectivity index (χ3v) is 12.6. The fourth-order valence-electron chi connectivity index (χ4n) is 9.64. The van der Waals surface area contributed by atoms with E-state index < -0.39 is 30.0 Å². The molecule has 2 aromatic carbocycles. The maximum absolute atomic E-state index is 17.0. The van der Waals surface area contributed by atoms with Crippen molar-refractivity contribution in [1.29, 1.82) is 0 Å². The van der Waals surface area contributed by atoms with Gasteiger partial charge in [0.25, 0.3) is 0 Å². The number of nitrogens with zero attached hydrogens (tertiary/aromatic N) is 5. The highest BCUT2D eigenvalue weighted by atomic mass is 19.1. The van der Waals surface area contributed by atoms with Crippen LogP contribution in [0.1, 0.15) is 37.7 Å². The van der Waals surface area contributed by atoms with E-state index in [1.54, 1.807) is 6.07 Å². The Morgan fingerprint density at radius 1 is 1.12 bits per heavy atom. The zero-order valence-electron chi connectivity index (χ0n) is 26.7. The number of benzene rings is 2. The highest BCUT2D eigenvalue weighted by molar-refractivity contribution is 6.03. The molecule has 0 bridgehead atoms.